The molecule has 0 fully saturated rings. The van der Waals surface area contributed by atoms with Gasteiger partial charge in [-0.3, -0.25) is 0 Å². The Labute approximate surface area is 111 Å². The summed E-state index contributed by atoms with van der Waals surface area (Å²) in [4.78, 5) is 0. The molecule has 0 bridgehead atoms. The van der Waals surface area contributed by atoms with Gasteiger partial charge in [0.25, 0.3) is 0 Å². The number of nitrogens with one attached hydrogen (secondary N) is 1. The Morgan fingerprint density at radius 1 is 1.17 bits per heavy atom. The highest BCUT2D eigenvalue weighted by Crippen LogP contribution is 2.21. The molecule has 2 heteroatoms. The van der Waals surface area contributed by atoms with E-state index in [1.807, 2.05) is 6.92 Å². The van der Waals surface area contributed by atoms with Crippen molar-refractivity contribution in [3.05, 3.63) is 34.9 Å². The molecule has 2 N–H and O–H groups in total. The normalized spacial score (nSPS) is 13.7. The second-order valence-corrected chi connectivity index (χ2v) is 6.32. The zero-order valence-electron chi connectivity index (χ0n) is 12.4. The van der Waals surface area contributed by atoms with E-state index in [0.29, 0.717) is 0 Å². The SMILES string of the molecule is Cc1cc(C)cc(CNCC(C)(C)CC(C)O)c1. The van der Waals surface area contributed by atoms with E-state index in [9.17, 15) is 5.11 Å². The maximum Gasteiger partial charge on any atom is 0.0517 e. The third kappa shape index (κ3) is 5.65. The molecule has 1 aromatic rings. The Balaban J connectivity index is 2.46. The summed E-state index contributed by atoms with van der Waals surface area (Å²) in [6.45, 7) is 12.3. The molecule has 0 spiro atoms. The van der Waals surface area contributed by atoms with Crippen molar-refractivity contribution in [2.24, 2.45) is 5.41 Å². The summed E-state index contributed by atoms with van der Waals surface area (Å²) in [5.41, 5.74) is 4.10. The Kier molecular flexibility index (Phi) is 5.36. The second-order valence-electron chi connectivity index (χ2n) is 6.32. The molecule has 1 rings (SSSR count). The molecule has 0 amide bonds. The van der Waals surface area contributed by atoms with Crippen LogP contribution < -0.4 is 5.32 Å². The molecule has 1 unspecified atom stereocenters. The Hall–Kier alpha value is -0.860. The first kappa shape index (κ1) is 15.2. The molecule has 1 atom stereocenters. The predicted octanol–water partition coefficient (Wildman–Crippen LogP) is 3.19. The van der Waals surface area contributed by atoms with Crippen LogP contribution >= 0.6 is 0 Å². The number of aliphatic hydroxyl groups is 1. The van der Waals surface area contributed by atoms with E-state index in [4.69, 9.17) is 0 Å². The molecule has 0 radical (unpaired) electrons. The molecule has 1 aromatic carbocycles. The molecule has 0 aliphatic carbocycles. The first-order valence-electron chi connectivity index (χ1n) is 6.74. The third-order valence-electron chi connectivity index (χ3n) is 3.06. The number of hydrogen-bond donors (Lipinski definition) is 2. The van der Waals surface area contributed by atoms with Gasteiger partial charge in [-0.15, -0.1) is 0 Å². The van der Waals surface area contributed by atoms with Crippen molar-refractivity contribution < 1.29 is 5.11 Å². The molecule has 0 aliphatic rings. The molecule has 18 heavy (non-hydrogen) atoms. The van der Waals surface area contributed by atoms with Crippen LogP contribution in [0.1, 0.15) is 43.9 Å². The third-order valence-corrected chi connectivity index (χ3v) is 3.06. The maximum absolute atomic E-state index is 9.45. The second kappa shape index (κ2) is 6.35. The van der Waals surface area contributed by atoms with Crippen LogP contribution in [0.3, 0.4) is 0 Å². The molecule has 2 nitrogen and oxygen atoms in total. The maximum atomic E-state index is 9.45. The van der Waals surface area contributed by atoms with Gasteiger partial charge in [-0.1, -0.05) is 43.2 Å². The van der Waals surface area contributed by atoms with E-state index in [-0.39, 0.29) is 11.5 Å². The molecular formula is C16H27NO. The van der Waals surface area contributed by atoms with E-state index in [1.165, 1.54) is 16.7 Å². The van der Waals surface area contributed by atoms with Crippen molar-refractivity contribution in [1.29, 1.82) is 0 Å². The van der Waals surface area contributed by atoms with Crippen molar-refractivity contribution in [2.75, 3.05) is 6.54 Å². The summed E-state index contributed by atoms with van der Waals surface area (Å²) in [5, 5.41) is 12.9. The fourth-order valence-electron chi connectivity index (χ4n) is 2.59. The van der Waals surface area contributed by atoms with Crippen LogP contribution in [0, 0.1) is 19.3 Å². The van der Waals surface area contributed by atoms with Gasteiger partial charge < -0.3 is 10.4 Å². The van der Waals surface area contributed by atoms with Crippen molar-refractivity contribution in [2.45, 2.75) is 53.7 Å². The van der Waals surface area contributed by atoms with Gasteiger partial charge in [0.2, 0.25) is 0 Å². The molecule has 0 heterocycles. The van der Waals surface area contributed by atoms with Gasteiger partial charge in [-0.2, -0.15) is 0 Å². The zero-order valence-corrected chi connectivity index (χ0v) is 12.4. The highest BCUT2D eigenvalue weighted by molar-refractivity contribution is 5.28. The first-order valence-corrected chi connectivity index (χ1v) is 6.74. The lowest BCUT2D eigenvalue weighted by Crippen LogP contribution is -2.31. The predicted molar refractivity (Wildman–Crippen MR) is 77.7 cm³/mol. The summed E-state index contributed by atoms with van der Waals surface area (Å²) in [5.74, 6) is 0. The van der Waals surface area contributed by atoms with Crippen LogP contribution in [0.15, 0.2) is 18.2 Å². The lowest BCUT2D eigenvalue weighted by atomic mass is 9.87. The minimum atomic E-state index is -0.233. The van der Waals surface area contributed by atoms with Crippen molar-refractivity contribution >= 4 is 0 Å². The van der Waals surface area contributed by atoms with Gasteiger partial charge >= 0.3 is 0 Å². The van der Waals surface area contributed by atoms with Gasteiger partial charge in [-0.25, -0.2) is 0 Å². The molecule has 0 aliphatic heterocycles. The van der Waals surface area contributed by atoms with E-state index in [1.54, 1.807) is 0 Å². The van der Waals surface area contributed by atoms with Crippen LogP contribution in [0.25, 0.3) is 0 Å². The number of hydrogen-bond acceptors (Lipinski definition) is 2. The molecule has 0 saturated heterocycles. The van der Waals surface area contributed by atoms with Crippen molar-refractivity contribution in [3.63, 3.8) is 0 Å². The van der Waals surface area contributed by atoms with Gasteiger partial charge in [0.05, 0.1) is 6.10 Å². The van der Waals surface area contributed by atoms with E-state index in [2.05, 4.69) is 51.2 Å². The van der Waals surface area contributed by atoms with Gasteiger partial charge in [-0.05, 0) is 38.2 Å². The quantitative estimate of drug-likeness (QED) is 0.811. The average Bonchev–Trinajstić information content (AvgIpc) is 2.12. The molecule has 0 saturated carbocycles. The summed E-state index contributed by atoms with van der Waals surface area (Å²) in [6, 6.07) is 6.64. The number of aryl methyl sites for hydroxylation is 2. The van der Waals surface area contributed by atoms with Crippen LogP contribution in [0.4, 0.5) is 0 Å². The van der Waals surface area contributed by atoms with Gasteiger partial charge in [0, 0.05) is 13.1 Å². The summed E-state index contributed by atoms with van der Waals surface area (Å²) in [6.07, 6.45) is 0.593. The van der Waals surface area contributed by atoms with Crippen molar-refractivity contribution in [1.82, 2.24) is 5.32 Å². The zero-order chi connectivity index (χ0) is 13.8. The number of benzene rings is 1. The lowest BCUT2D eigenvalue weighted by molar-refractivity contribution is 0.128. The smallest absolute Gasteiger partial charge is 0.0517 e. The van der Waals surface area contributed by atoms with E-state index >= 15 is 0 Å². The monoisotopic (exact) mass is 249 g/mol. The average molecular weight is 249 g/mol. The molecule has 0 aromatic heterocycles. The topological polar surface area (TPSA) is 32.3 Å². The minimum Gasteiger partial charge on any atom is -0.393 e. The summed E-state index contributed by atoms with van der Waals surface area (Å²) < 4.78 is 0. The van der Waals surface area contributed by atoms with Crippen LogP contribution in [-0.2, 0) is 6.54 Å². The highest BCUT2D eigenvalue weighted by atomic mass is 16.3. The largest absolute Gasteiger partial charge is 0.393 e. The standard InChI is InChI=1S/C16H27NO/c1-12-6-13(2)8-15(7-12)10-17-11-16(4,5)9-14(3)18/h6-8,14,17-18H,9-11H2,1-5H3. The fourth-order valence-corrected chi connectivity index (χ4v) is 2.59. The van der Waals surface area contributed by atoms with Crippen LogP contribution in [0.2, 0.25) is 0 Å². The summed E-state index contributed by atoms with van der Waals surface area (Å²) in [7, 11) is 0. The molecular weight excluding hydrogens is 222 g/mol. The Bertz CT molecular complexity index is 362. The van der Waals surface area contributed by atoms with Gasteiger partial charge in [0.1, 0.15) is 0 Å². The fraction of sp³-hybridized carbons (Fsp3) is 0.625. The number of aliphatic hydroxyl groups excluding tert-OH is 1. The molecule has 102 valence electrons. The first-order chi connectivity index (χ1) is 8.28. The van der Waals surface area contributed by atoms with Gasteiger partial charge in [0.15, 0.2) is 0 Å². The summed E-state index contributed by atoms with van der Waals surface area (Å²) >= 11 is 0. The Morgan fingerprint density at radius 3 is 2.22 bits per heavy atom. The Morgan fingerprint density at radius 2 is 1.72 bits per heavy atom. The van der Waals surface area contributed by atoms with Crippen LogP contribution in [-0.4, -0.2) is 17.8 Å². The van der Waals surface area contributed by atoms with E-state index in [0.717, 1.165) is 19.5 Å². The lowest BCUT2D eigenvalue weighted by Gasteiger charge is -2.26. The van der Waals surface area contributed by atoms with E-state index < -0.39 is 0 Å². The van der Waals surface area contributed by atoms with Crippen LogP contribution in [0.5, 0.6) is 0 Å². The van der Waals surface area contributed by atoms with Crippen molar-refractivity contribution in [3.8, 4) is 0 Å². The minimum absolute atomic E-state index is 0.132. The number of rotatable bonds is 6. The highest BCUT2D eigenvalue weighted by Gasteiger charge is 2.19.